The van der Waals surface area contributed by atoms with Gasteiger partial charge in [0.15, 0.2) is 0 Å². The number of nitrogens with one attached hydrogen (secondary N) is 1. The van der Waals surface area contributed by atoms with Gasteiger partial charge in [-0.05, 0) is 38.9 Å². The first-order valence-corrected chi connectivity index (χ1v) is 6.82. The number of halogens is 2. The molecule has 1 aromatic heterocycles. The second kappa shape index (κ2) is 4.61. The van der Waals surface area contributed by atoms with E-state index in [1.807, 2.05) is 12.1 Å². The van der Waals surface area contributed by atoms with Crippen LogP contribution in [0.25, 0.3) is 11.0 Å². The lowest BCUT2D eigenvalue weighted by Crippen LogP contribution is -1.87. The van der Waals surface area contributed by atoms with Gasteiger partial charge in [0.1, 0.15) is 11.3 Å². The molecule has 0 aliphatic rings. The predicted molar refractivity (Wildman–Crippen MR) is 71.0 cm³/mol. The summed E-state index contributed by atoms with van der Waals surface area (Å²) in [6, 6.07) is 6.10. The molecule has 0 radical (unpaired) electrons. The highest BCUT2D eigenvalue weighted by molar-refractivity contribution is 14.1. The van der Waals surface area contributed by atoms with Gasteiger partial charge in [0, 0.05) is 10.9 Å². The highest BCUT2D eigenvalue weighted by Gasteiger charge is 2.04. The molecule has 0 aliphatic carbocycles. The van der Waals surface area contributed by atoms with Gasteiger partial charge in [0.2, 0.25) is 0 Å². The number of benzene rings is 1. The molecular formula is C10H10BrIN2. The van der Waals surface area contributed by atoms with Crippen molar-refractivity contribution < 1.29 is 0 Å². The lowest BCUT2D eigenvalue weighted by molar-refractivity contribution is 0.878. The molecule has 4 heteroatoms. The molecule has 0 atom stereocenters. The van der Waals surface area contributed by atoms with Crippen molar-refractivity contribution in [3.63, 3.8) is 0 Å². The highest BCUT2D eigenvalue weighted by Crippen LogP contribution is 2.21. The molecule has 2 nitrogen and oxygen atoms in total. The fourth-order valence-corrected chi connectivity index (χ4v) is 2.24. The molecule has 1 aromatic carbocycles. The van der Waals surface area contributed by atoms with Gasteiger partial charge in [-0.2, -0.15) is 0 Å². The van der Waals surface area contributed by atoms with E-state index in [-0.39, 0.29) is 0 Å². The summed E-state index contributed by atoms with van der Waals surface area (Å²) in [4.78, 5) is 7.87. The Morgan fingerprint density at radius 3 is 3.00 bits per heavy atom. The summed E-state index contributed by atoms with van der Waals surface area (Å²) in [5.74, 6) is 1.09. The largest absolute Gasteiger partial charge is 0.342 e. The summed E-state index contributed by atoms with van der Waals surface area (Å²) >= 11 is 5.88. The van der Waals surface area contributed by atoms with Crippen LogP contribution in [0.5, 0.6) is 0 Å². The van der Waals surface area contributed by atoms with Crippen LogP contribution in [0.3, 0.4) is 0 Å². The predicted octanol–water partition coefficient (Wildman–Crippen LogP) is 3.69. The molecular weight excluding hydrogens is 355 g/mol. The Kier molecular flexibility index (Phi) is 3.43. The lowest BCUT2D eigenvalue weighted by Gasteiger charge is -1.90. The number of hydrogen-bond donors (Lipinski definition) is 1. The van der Waals surface area contributed by atoms with Crippen molar-refractivity contribution in [2.24, 2.45) is 0 Å². The molecule has 0 saturated carbocycles. The molecule has 0 aliphatic heterocycles. The first-order valence-electron chi connectivity index (χ1n) is 4.50. The van der Waals surface area contributed by atoms with Gasteiger partial charge in [0.05, 0.1) is 5.52 Å². The average Bonchev–Trinajstić information content (AvgIpc) is 2.59. The van der Waals surface area contributed by atoms with E-state index in [1.165, 1.54) is 10.8 Å². The fraction of sp³-hybridized carbons (Fsp3) is 0.300. The standard InChI is InChI=1S/C10H10BrIN2/c11-7-3-1-4-8-10(7)14-9(13-8)5-2-6-12/h1,3-4H,2,5-6H2,(H,13,14). The van der Waals surface area contributed by atoms with E-state index < -0.39 is 0 Å². The molecule has 0 saturated heterocycles. The Morgan fingerprint density at radius 1 is 1.43 bits per heavy atom. The van der Waals surface area contributed by atoms with Gasteiger partial charge in [-0.25, -0.2) is 4.98 Å². The van der Waals surface area contributed by atoms with Crippen molar-refractivity contribution in [3.05, 3.63) is 28.5 Å². The normalized spacial score (nSPS) is 11.0. The maximum absolute atomic E-state index is 4.54. The number of aromatic nitrogens is 2. The Balaban J connectivity index is 2.36. The number of nitrogens with zero attached hydrogens (tertiary/aromatic N) is 1. The molecule has 14 heavy (non-hydrogen) atoms. The minimum absolute atomic E-state index is 1.03. The maximum atomic E-state index is 4.54. The molecule has 74 valence electrons. The minimum Gasteiger partial charge on any atom is -0.342 e. The molecule has 0 bridgehead atoms. The average molecular weight is 365 g/mol. The third-order valence-corrected chi connectivity index (χ3v) is 3.46. The number of aryl methyl sites for hydroxylation is 1. The first kappa shape index (κ1) is 10.4. The maximum Gasteiger partial charge on any atom is 0.107 e. The number of fused-ring (bicyclic) bond motifs is 1. The van der Waals surface area contributed by atoms with Gasteiger partial charge in [-0.1, -0.05) is 28.7 Å². The zero-order chi connectivity index (χ0) is 9.97. The topological polar surface area (TPSA) is 28.7 Å². The van der Waals surface area contributed by atoms with Crippen LogP contribution in [0, 0.1) is 0 Å². The third kappa shape index (κ3) is 2.11. The number of imidazole rings is 1. The summed E-state index contributed by atoms with van der Waals surface area (Å²) in [6.07, 6.45) is 2.21. The van der Waals surface area contributed by atoms with Crippen LogP contribution in [0.15, 0.2) is 22.7 Å². The smallest absolute Gasteiger partial charge is 0.107 e. The van der Waals surface area contributed by atoms with E-state index in [1.54, 1.807) is 0 Å². The van der Waals surface area contributed by atoms with Crippen molar-refractivity contribution in [3.8, 4) is 0 Å². The zero-order valence-electron chi connectivity index (χ0n) is 7.56. The van der Waals surface area contributed by atoms with Crippen LogP contribution in [0.1, 0.15) is 12.2 Å². The van der Waals surface area contributed by atoms with E-state index in [0.29, 0.717) is 0 Å². The molecule has 0 fully saturated rings. The third-order valence-electron chi connectivity index (χ3n) is 2.06. The van der Waals surface area contributed by atoms with Crippen LogP contribution in [-0.2, 0) is 6.42 Å². The minimum atomic E-state index is 1.03. The van der Waals surface area contributed by atoms with E-state index in [4.69, 9.17) is 0 Å². The zero-order valence-corrected chi connectivity index (χ0v) is 11.3. The molecule has 1 N–H and O–H groups in total. The lowest BCUT2D eigenvalue weighted by atomic mass is 10.3. The van der Waals surface area contributed by atoms with Crippen molar-refractivity contribution in [2.45, 2.75) is 12.8 Å². The van der Waals surface area contributed by atoms with Gasteiger partial charge in [-0.15, -0.1) is 0 Å². The second-order valence-electron chi connectivity index (χ2n) is 3.11. The monoisotopic (exact) mass is 364 g/mol. The second-order valence-corrected chi connectivity index (χ2v) is 5.05. The van der Waals surface area contributed by atoms with E-state index in [2.05, 4.69) is 54.6 Å². The van der Waals surface area contributed by atoms with E-state index in [0.717, 1.165) is 27.8 Å². The van der Waals surface area contributed by atoms with Gasteiger partial charge in [0.25, 0.3) is 0 Å². The van der Waals surface area contributed by atoms with Gasteiger partial charge in [-0.3, -0.25) is 0 Å². The molecule has 2 rings (SSSR count). The molecule has 0 amide bonds. The van der Waals surface area contributed by atoms with Crippen molar-refractivity contribution >= 4 is 49.6 Å². The summed E-state index contributed by atoms with van der Waals surface area (Å²) in [6.45, 7) is 0. The SMILES string of the molecule is Brc1cccc2[nH]c(CCCI)nc12. The molecule has 0 unspecified atom stereocenters. The number of aromatic amines is 1. The Bertz CT molecular complexity index is 439. The fourth-order valence-electron chi connectivity index (χ4n) is 1.40. The van der Waals surface area contributed by atoms with E-state index in [9.17, 15) is 0 Å². The van der Waals surface area contributed by atoms with Crippen molar-refractivity contribution in [1.29, 1.82) is 0 Å². The van der Waals surface area contributed by atoms with Crippen LogP contribution in [-0.4, -0.2) is 14.4 Å². The number of hydrogen-bond acceptors (Lipinski definition) is 1. The molecule has 2 aromatic rings. The molecule has 0 spiro atoms. The van der Waals surface area contributed by atoms with Gasteiger partial charge < -0.3 is 4.98 Å². The van der Waals surface area contributed by atoms with E-state index >= 15 is 0 Å². The number of rotatable bonds is 3. The van der Waals surface area contributed by atoms with Crippen molar-refractivity contribution in [1.82, 2.24) is 9.97 Å². The van der Waals surface area contributed by atoms with Crippen LogP contribution >= 0.6 is 38.5 Å². The number of alkyl halides is 1. The summed E-state index contributed by atoms with van der Waals surface area (Å²) in [5, 5.41) is 0. The Labute approximate surface area is 105 Å². The quantitative estimate of drug-likeness (QED) is 0.653. The summed E-state index contributed by atoms with van der Waals surface area (Å²) in [5.41, 5.74) is 2.15. The van der Waals surface area contributed by atoms with Crippen LogP contribution < -0.4 is 0 Å². The van der Waals surface area contributed by atoms with Crippen LogP contribution in [0.4, 0.5) is 0 Å². The van der Waals surface area contributed by atoms with Crippen LogP contribution in [0.2, 0.25) is 0 Å². The summed E-state index contributed by atoms with van der Waals surface area (Å²) < 4.78 is 2.24. The number of para-hydroxylation sites is 1. The van der Waals surface area contributed by atoms with Crippen molar-refractivity contribution in [2.75, 3.05) is 4.43 Å². The Hall–Kier alpha value is -0.100. The molecule has 1 heterocycles. The summed E-state index contributed by atoms with van der Waals surface area (Å²) in [7, 11) is 0. The first-order chi connectivity index (χ1) is 6.81. The Morgan fingerprint density at radius 2 is 2.29 bits per heavy atom. The van der Waals surface area contributed by atoms with Gasteiger partial charge >= 0.3 is 0 Å². The highest BCUT2D eigenvalue weighted by atomic mass is 127. The number of H-pyrrole nitrogens is 1.